The van der Waals surface area contributed by atoms with Crippen LogP contribution in [0.5, 0.6) is 0 Å². The van der Waals surface area contributed by atoms with Crippen LogP contribution in [0.2, 0.25) is 0 Å². The number of pyridine rings is 1. The van der Waals surface area contributed by atoms with Gasteiger partial charge in [-0.25, -0.2) is 4.79 Å². The van der Waals surface area contributed by atoms with Gasteiger partial charge < -0.3 is 10.1 Å². The van der Waals surface area contributed by atoms with Crippen LogP contribution in [0.25, 0.3) is 10.9 Å². The number of halogens is 1. The molecule has 0 unspecified atom stereocenters. The second-order valence-electron chi connectivity index (χ2n) is 5.98. The van der Waals surface area contributed by atoms with Crippen LogP contribution in [0.15, 0.2) is 54.6 Å². The number of aryl methyl sites for hydroxylation is 1. The molecule has 5 heteroatoms. The van der Waals surface area contributed by atoms with E-state index in [0.717, 1.165) is 28.0 Å². The zero-order chi connectivity index (χ0) is 17.1. The molecule has 0 aliphatic rings. The van der Waals surface area contributed by atoms with E-state index < -0.39 is 0 Å². The molecular formula is C20H21ClN2O2. The molecule has 1 aromatic heterocycles. The molecule has 3 rings (SSSR count). The summed E-state index contributed by atoms with van der Waals surface area (Å²) < 4.78 is 5.20. The molecule has 3 aromatic rings. The molecule has 0 saturated heterocycles. The highest BCUT2D eigenvalue weighted by Gasteiger charge is 2.09. The Morgan fingerprint density at radius 3 is 2.44 bits per heavy atom. The number of rotatable bonds is 4. The number of fused-ring (bicyclic) bond motifs is 1. The molecule has 0 radical (unpaired) electrons. The lowest BCUT2D eigenvalue weighted by Gasteiger charge is -2.12. The topological polar surface area (TPSA) is 51.2 Å². The van der Waals surface area contributed by atoms with Crippen LogP contribution in [0.1, 0.15) is 29.9 Å². The molecule has 4 nitrogen and oxygen atoms in total. The van der Waals surface area contributed by atoms with E-state index in [4.69, 9.17) is 4.74 Å². The first kappa shape index (κ1) is 18.7. The third kappa shape index (κ3) is 4.48. The number of benzene rings is 2. The number of esters is 1. The minimum atomic E-state index is -0.304. The third-order valence-electron chi connectivity index (χ3n) is 3.59. The normalized spacial score (nSPS) is 10.4. The second kappa shape index (κ2) is 7.99. The first-order valence-electron chi connectivity index (χ1n) is 7.97. The molecule has 1 heterocycles. The number of aromatic nitrogens is 1. The van der Waals surface area contributed by atoms with E-state index in [1.165, 1.54) is 0 Å². The molecule has 0 bridgehead atoms. The molecule has 1 N–H and O–H groups in total. The number of carbonyl (C=O) groups is 1. The van der Waals surface area contributed by atoms with Crippen LogP contribution in [-0.4, -0.2) is 17.1 Å². The Morgan fingerprint density at radius 1 is 1.08 bits per heavy atom. The Kier molecular flexibility index (Phi) is 5.99. The smallest absolute Gasteiger partial charge is 0.338 e. The fourth-order valence-corrected chi connectivity index (χ4v) is 2.54. The standard InChI is InChI=1S/C20H20N2O2.ClH/c1-13(2)24-20(23)15-8-10-16(11-9-15)22-19-12-14(3)21-18-7-5-4-6-17(18)19;/h4-13H,1-3H3,(H,21,22);1H. The van der Waals surface area contributed by atoms with Gasteiger partial charge in [-0.05, 0) is 57.2 Å². The summed E-state index contributed by atoms with van der Waals surface area (Å²) in [7, 11) is 0. The maximum Gasteiger partial charge on any atom is 0.338 e. The van der Waals surface area contributed by atoms with Gasteiger partial charge in [-0.1, -0.05) is 18.2 Å². The number of ether oxygens (including phenoxy) is 1. The number of nitrogens with zero attached hydrogens (tertiary/aromatic N) is 1. The van der Waals surface area contributed by atoms with Gasteiger partial charge in [0, 0.05) is 22.5 Å². The average Bonchev–Trinajstić information content (AvgIpc) is 2.54. The zero-order valence-corrected chi connectivity index (χ0v) is 15.3. The first-order chi connectivity index (χ1) is 11.5. The van der Waals surface area contributed by atoms with Crippen LogP contribution in [-0.2, 0) is 4.74 Å². The molecule has 0 amide bonds. The summed E-state index contributed by atoms with van der Waals surface area (Å²) in [6, 6.07) is 17.3. The predicted octanol–water partition coefficient (Wildman–Crippen LogP) is 5.27. The quantitative estimate of drug-likeness (QED) is 0.646. The molecule has 25 heavy (non-hydrogen) atoms. The molecule has 2 aromatic carbocycles. The SMILES string of the molecule is Cc1cc(Nc2ccc(C(=O)OC(C)C)cc2)c2ccccc2n1.Cl. The Morgan fingerprint density at radius 2 is 1.76 bits per heavy atom. The van der Waals surface area contributed by atoms with Gasteiger partial charge in [-0.15, -0.1) is 12.4 Å². The summed E-state index contributed by atoms with van der Waals surface area (Å²) in [5, 5.41) is 4.46. The number of anilines is 2. The number of para-hydroxylation sites is 1. The predicted molar refractivity (Wildman–Crippen MR) is 104 cm³/mol. The monoisotopic (exact) mass is 356 g/mol. The van der Waals surface area contributed by atoms with Crippen molar-refractivity contribution in [2.75, 3.05) is 5.32 Å². The number of hydrogen-bond donors (Lipinski definition) is 1. The Labute approximate surface area is 153 Å². The van der Waals surface area contributed by atoms with Gasteiger partial charge in [0.05, 0.1) is 17.2 Å². The van der Waals surface area contributed by atoms with Crippen molar-refractivity contribution in [1.29, 1.82) is 0 Å². The van der Waals surface area contributed by atoms with E-state index in [0.29, 0.717) is 5.56 Å². The summed E-state index contributed by atoms with van der Waals surface area (Å²) in [6.45, 7) is 5.65. The summed E-state index contributed by atoms with van der Waals surface area (Å²) >= 11 is 0. The highest BCUT2D eigenvalue weighted by molar-refractivity contribution is 5.94. The minimum absolute atomic E-state index is 0. The van der Waals surface area contributed by atoms with E-state index in [2.05, 4.69) is 10.3 Å². The lowest BCUT2D eigenvalue weighted by molar-refractivity contribution is 0.0378. The van der Waals surface area contributed by atoms with Gasteiger partial charge in [0.2, 0.25) is 0 Å². The molecule has 0 saturated carbocycles. The minimum Gasteiger partial charge on any atom is -0.459 e. The van der Waals surface area contributed by atoms with Crippen molar-refractivity contribution in [3.63, 3.8) is 0 Å². The van der Waals surface area contributed by atoms with E-state index in [1.807, 2.05) is 63.2 Å². The fourth-order valence-electron chi connectivity index (χ4n) is 2.54. The zero-order valence-electron chi connectivity index (χ0n) is 14.4. The van der Waals surface area contributed by atoms with Crippen LogP contribution >= 0.6 is 12.4 Å². The molecule has 0 aliphatic carbocycles. The van der Waals surface area contributed by atoms with Crippen molar-refractivity contribution in [2.45, 2.75) is 26.9 Å². The molecular weight excluding hydrogens is 336 g/mol. The first-order valence-corrected chi connectivity index (χ1v) is 7.97. The Hall–Kier alpha value is -2.59. The lowest BCUT2D eigenvalue weighted by Crippen LogP contribution is -2.11. The number of carbonyl (C=O) groups excluding carboxylic acids is 1. The highest BCUT2D eigenvalue weighted by Crippen LogP contribution is 2.26. The lowest BCUT2D eigenvalue weighted by atomic mass is 10.1. The van der Waals surface area contributed by atoms with Crippen molar-refractivity contribution >= 4 is 40.7 Å². The second-order valence-corrected chi connectivity index (χ2v) is 5.98. The van der Waals surface area contributed by atoms with Gasteiger partial charge >= 0.3 is 5.97 Å². The molecule has 0 fully saturated rings. The van der Waals surface area contributed by atoms with Crippen molar-refractivity contribution in [1.82, 2.24) is 4.98 Å². The summed E-state index contributed by atoms with van der Waals surface area (Å²) in [4.78, 5) is 16.4. The average molecular weight is 357 g/mol. The maximum atomic E-state index is 11.9. The Bertz CT molecular complexity index is 877. The van der Waals surface area contributed by atoms with Gasteiger partial charge in [0.15, 0.2) is 0 Å². The molecule has 0 aliphatic heterocycles. The number of nitrogens with one attached hydrogen (secondary N) is 1. The van der Waals surface area contributed by atoms with Gasteiger partial charge in [0.1, 0.15) is 0 Å². The largest absolute Gasteiger partial charge is 0.459 e. The van der Waals surface area contributed by atoms with Gasteiger partial charge in [-0.2, -0.15) is 0 Å². The van der Waals surface area contributed by atoms with Crippen LogP contribution in [0.3, 0.4) is 0 Å². The van der Waals surface area contributed by atoms with Crippen molar-refractivity contribution in [3.05, 3.63) is 65.9 Å². The van der Waals surface area contributed by atoms with Crippen molar-refractivity contribution < 1.29 is 9.53 Å². The van der Waals surface area contributed by atoms with E-state index in [1.54, 1.807) is 12.1 Å². The number of hydrogen-bond acceptors (Lipinski definition) is 4. The maximum absolute atomic E-state index is 11.9. The van der Waals surface area contributed by atoms with Gasteiger partial charge in [0.25, 0.3) is 0 Å². The fraction of sp³-hybridized carbons (Fsp3) is 0.200. The van der Waals surface area contributed by atoms with Crippen molar-refractivity contribution in [3.8, 4) is 0 Å². The highest BCUT2D eigenvalue weighted by atomic mass is 35.5. The summed E-state index contributed by atoms with van der Waals surface area (Å²) in [6.07, 6.45) is -0.124. The van der Waals surface area contributed by atoms with Crippen LogP contribution < -0.4 is 5.32 Å². The van der Waals surface area contributed by atoms with Crippen molar-refractivity contribution in [2.24, 2.45) is 0 Å². The Balaban J connectivity index is 0.00000225. The van der Waals surface area contributed by atoms with Crippen LogP contribution in [0.4, 0.5) is 11.4 Å². The van der Waals surface area contributed by atoms with Crippen LogP contribution in [0, 0.1) is 6.92 Å². The summed E-state index contributed by atoms with van der Waals surface area (Å²) in [5.74, 6) is -0.304. The van der Waals surface area contributed by atoms with Gasteiger partial charge in [-0.3, -0.25) is 4.98 Å². The molecule has 0 atom stereocenters. The van der Waals surface area contributed by atoms with E-state index >= 15 is 0 Å². The molecule has 0 spiro atoms. The van der Waals surface area contributed by atoms with E-state index in [9.17, 15) is 4.79 Å². The van der Waals surface area contributed by atoms with E-state index in [-0.39, 0.29) is 24.5 Å². The summed E-state index contributed by atoms with van der Waals surface area (Å²) in [5.41, 5.74) is 4.36. The molecule has 130 valence electrons. The third-order valence-corrected chi connectivity index (χ3v) is 3.59.